The van der Waals surface area contributed by atoms with E-state index in [0.717, 1.165) is 12.0 Å². The summed E-state index contributed by atoms with van der Waals surface area (Å²) in [6, 6.07) is 6.98. The van der Waals surface area contributed by atoms with Crippen LogP contribution in [0.2, 0.25) is 0 Å². The average Bonchev–Trinajstić information content (AvgIpc) is 2.29. The highest BCUT2D eigenvalue weighted by atomic mass is 32.2. The van der Waals surface area contributed by atoms with Gasteiger partial charge in [-0.2, -0.15) is 4.31 Å². The van der Waals surface area contributed by atoms with Gasteiger partial charge in [0.05, 0.1) is 4.90 Å². The van der Waals surface area contributed by atoms with Crippen LogP contribution in [0.3, 0.4) is 0 Å². The van der Waals surface area contributed by atoms with Crippen LogP contribution < -0.4 is 0 Å². The molecule has 4 heteroatoms. The molecule has 0 atom stereocenters. The van der Waals surface area contributed by atoms with Crippen LogP contribution in [0, 0.1) is 0 Å². The number of nitrogens with zero attached hydrogens (tertiary/aromatic N) is 1. The minimum absolute atomic E-state index is 0.317. The summed E-state index contributed by atoms with van der Waals surface area (Å²) in [7, 11) is -1.82. The Morgan fingerprint density at radius 1 is 1.31 bits per heavy atom. The molecule has 0 saturated heterocycles. The molecule has 1 aromatic carbocycles. The molecule has 0 radical (unpaired) electrons. The number of hydrogen-bond acceptors (Lipinski definition) is 2. The van der Waals surface area contributed by atoms with Crippen LogP contribution in [0.15, 0.2) is 41.8 Å². The van der Waals surface area contributed by atoms with Crippen molar-refractivity contribution >= 4 is 10.0 Å². The van der Waals surface area contributed by atoms with Crippen molar-refractivity contribution in [1.82, 2.24) is 4.31 Å². The summed E-state index contributed by atoms with van der Waals surface area (Å²) in [6.45, 7) is 5.88. The van der Waals surface area contributed by atoms with Gasteiger partial charge in [-0.3, -0.25) is 0 Å². The van der Waals surface area contributed by atoms with Crippen molar-refractivity contribution in [3.05, 3.63) is 42.5 Å². The fraction of sp³-hybridized carbons (Fsp3) is 0.333. The molecule has 0 aliphatic rings. The number of sulfonamides is 1. The van der Waals surface area contributed by atoms with Gasteiger partial charge in [-0.25, -0.2) is 8.42 Å². The summed E-state index contributed by atoms with van der Waals surface area (Å²) in [4.78, 5) is 0.328. The molecule has 0 unspecified atom stereocenters. The first kappa shape index (κ1) is 12.9. The zero-order chi connectivity index (χ0) is 12.2. The molecular formula is C12H17NO2S. The van der Waals surface area contributed by atoms with Gasteiger partial charge in [-0.1, -0.05) is 25.1 Å². The second-order valence-corrected chi connectivity index (χ2v) is 5.62. The third kappa shape index (κ3) is 2.71. The first-order valence-electron chi connectivity index (χ1n) is 5.18. The molecule has 1 rings (SSSR count). The molecular weight excluding hydrogens is 222 g/mol. The van der Waals surface area contributed by atoms with Gasteiger partial charge in [0.25, 0.3) is 0 Å². The zero-order valence-electron chi connectivity index (χ0n) is 9.68. The van der Waals surface area contributed by atoms with E-state index in [1.807, 2.05) is 19.1 Å². The minimum Gasteiger partial charge on any atom is -0.207 e. The molecule has 0 bridgehead atoms. The summed E-state index contributed by atoms with van der Waals surface area (Å²) in [6.07, 6.45) is 2.47. The molecule has 3 nitrogen and oxygen atoms in total. The van der Waals surface area contributed by atoms with Crippen molar-refractivity contribution < 1.29 is 8.42 Å². The Morgan fingerprint density at radius 2 is 1.88 bits per heavy atom. The van der Waals surface area contributed by atoms with E-state index in [1.165, 1.54) is 4.31 Å². The molecule has 0 fully saturated rings. The predicted molar refractivity (Wildman–Crippen MR) is 65.8 cm³/mol. The SMILES string of the molecule is C=CCN(C)S(=O)(=O)c1ccc(CC)cc1. The van der Waals surface area contributed by atoms with Crippen LogP contribution in [0.5, 0.6) is 0 Å². The Balaban J connectivity index is 3.02. The normalized spacial score (nSPS) is 11.7. The summed E-state index contributed by atoms with van der Waals surface area (Å²) in [5, 5.41) is 0. The van der Waals surface area contributed by atoms with Gasteiger partial charge in [-0.05, 0) is 24.1 Å². The number of benzene rings is 1. The van der Waals surface area contributed by atoms with Crippen LogP contribution in [0.4, 0.5) is 0 Å². The minimum atomic E-state index is -3.36. The lowest BCUT2D eigenvalue weighted by atomic mass is 10.2. The van der Waals surface area contributed by atoms with Crippen LogP contribution in [-0.4, -0.2) is 26.3 Å². The number of likely N-dealkylation sites (N-methyl/N-ethyl adjacent to an activating group) is 1. The van der Waals surface area contributed by atoms with Crippen LogP contribution >= 0.6 is 0 Å². The predicted octanol–water partition coefficient (Wildman–Crippen LogP) is 2.06. The average molecular weight is 239 g/mol. The van der Waals surface area contributed by atoms with Gasteiger partial charge in [0, 0.05) is 13.6 Å². The van der Waals surface area contributed by atoms with Crippen molar-refractivity contribution in [2.75, 3.05) is 13.6 Å². The molecule has 0 spiro atoms. The number of aryl methyl sites for hydroxylation is 1. The van der Waals surface area contributed by atoms with Crippen molar-refractivity contribution in [3.63, 3.8) is 0 Å². The standard InChI is InChI=1S/C12H17NO2S/c1-4-10-13(3)16(14,15)12-8-6-11(5-2)7-9-12/h4,6-9H,1,5,10H2,2-3H3. The molecule has 0 saturated carbocycles. The lowest BCUT2D eigenvalue weighted by molar-refractivity contribution is 0.499. The maximum absolute atomic E-state index is 12.0. The Morgan fingerprint density at radius 3 is 2.31 bits per heavy atom. The second kappa shape index (κ2) is 5.27. The van der Waals surface area contributed by atoms with Gasteiger partial charge in [-0.15, -0.1) is 6.58 Å². The highest BCUT2D eigenvalue weighted by Crippen LogP contribution is 2.15. The molecule has 1 aromatic rings. The Hall–Kier alpha value is -1.13. The molecule has 0 aliphatic carbocycles. The van der Waals surface area contributed by atoms with Crippen molar-refractivity contribution in [2.24, 2.45) is 0 Å². The van der Waals surface area contributed by atoms with E-state index in [-0.39, 0.29) is 0 Å². The number of rotatable bonds is 5. The lowest BCUT2D eigenvalue weighted by Crippen LogP contribution is -2.26. The molecule has 0 heterocycles. The third-order valence-corrected chi connectivity index (χ3v) is 4.26. The Kier molecular flexibility index (Phi) is 4.26. The van der Waals surface area contributed by atoms with Gasteiger partial charge in [0.15, 0.2) is 0 Å². The van der Waals surface area contributed by atoms with E-state index in [2.05, 4.69) is 6.58 Å². The third-order valence-electron chi connectivity index (χ3n) is 2.43. The maximum Gasteiger partial charge on any atom is 0.243 e. The molecule has 0 aromatic heterocycles. The molecule has 0 N–H and O–H groups in total. The summed E-state index contributed by atoms with van der Waals surface area (Å²) in [5.74, 6) is 0. The zero-order valence-corrected chi connectivity index (χ0v) is 10.5. The van der Waals surface area contributed by atoms with Crippen LogP contribution in [0.1, 0.15) is 12.5 Å². The van der Waals surface area contributed by atoms with Crippen LogP contribution in [0.25, 0.3) is 0 Å². The van der Waals surface area contributed by atoms with Gasteiger partial charge < -0.3 is 0 Å². The van der Waals surface area contributed by atoms with E-state index in [4.69, 9.17) is 0 Å². The van der Waals surface area contributed by atoms with E-state index in [9.17, 15) is 8.42 Å². The van der Waals surface area contributed by atoms with Crippen molar-refractivity contribution in [2.45, 2.75) is 18.2 Å². The monoisotopic (exact) mass is 239 g/mol. The van der Waals surface area contributed by atoms with E-state index in [1.54, 1.807) is 25.3 Å². The Labute approximate surface area is 97.5 Å². The summed E-state index contributed by atoms with van der Waals surface area (Å²) >= 11 is 0. The fourth-order valence-corrected chi connectivity index (χ4v) is 2.50. The number of hydrogen-bond donors (Lipinski definition) is 0. The van der Waals surface area contributed by atoms with Gasteiger partial charge in [0.2, 0.25) is 10.0 Å². The topological polar surface area (TPSA) is 37.4 Å². The molecule has 0 amide bonds. The van der Waals surface area contributed by atoms with Gasteiger partial charge >= 0.3 is 0 Å². The molecule has 0 aliphatic heterocycles. The lowest BCUT2D eigenvalue weighted by Gasteiger charge is -2.15. The van der Waals surface area contributed by atoms with E-state index >= 15 is 0 Å². The first-order valence-corrected chi connectivity index (χ1v) is 6.62. The van der Waals surface area contributed by atoms with Crippen LogP contribution in [-0.2, 0) is 16.4 Å². The van der Waals surface area contributed by atoms with E-state index in [0.29, 0.717) is 11.4 Å². The molecule has 88 valence electrons. The van der Waals surface area contributed by atoms with E-state index < -0.39 is 10.0 Å². The smallest absolute Gasteiger partial charge is 0.207 e. The first-order chi connectivity index (χ1) is 7.52. The summed E-state index contributed by atoms with van der Waals surface area (Å²) in [5.41, 5.74) is 1.13. The highest BCUT2D eigenvalue weighted by molar-refractivity contribution is 7.89. The maximum atomic E-state index is 12.0. The molecule has 16 heavy (non-hydrogen) atoms. The fourth-order valence-electron chi connectivity index (χ4n) is 1.36. The second-order valence-electron chi connectivity index (χ2n) is 3.57. The van der Waals surface area contributed by atoms with Crippen molar-refractivity contribution in [3.8, 4) is 0 Å². The quantitative estimate of drug-likeness (QED) is 0.737. The van der Waals surface area contributed by atoms with Gasteiger partial charge in [0.1, 0.15) is 0 Å². The highest BCUT2D eigenvalue weighted by Gasteiger charge is 2.18. The Bertz CT molecular complexity index is 448. The summed E-state index contributed by atoms with van der Waals surface area (Å²) < 4.78 is 25.3. The largest absolute Gasteiger partial charge is 0.243 e. The van der Waals surface area contributed by atoms with Crippen molar-refractivity contribution in [1.29, 1.82) is 0 Å².